The molecule has 1 amide bonds. The Balaban J connectivity index is 1.43. The third kappa shape index (κ3) is 3.37. The molecule has 1 saturated carbocycles. The molecule has 1 aromatic heterocycles. The molecule has 6 heteroatoms. The van der Waals surface area contributed by atoms with Gasteiger partial charge < -0.3 is 10.0 Å². The van der Waals surface area contributed by atoms with Crippen LogP contribution in [-0.4, -0.2) is 26.1 Å². The molecule has 0 bridgehead atoms. The van der Waals surface area contributed by atoms with Gasteiger partial charge in [0.1, 0.15) is 11.6 Å². The molecular weight excluding hydrogens is 369 g/mol. The van der Waals surface area contributed by atoms with E-state index in [-0.39, 0.29) is 23.0 Å². The highest BCUT2D eigenvalue weighted by molar-refractivity contribution is 6.01. The highest BCUT2D eigenvalue weighted by atomic mass is 19.1. The summed E-state index contributed by atoms with van der Waals surface area (Å²) in [5, 5.41) is 18.8. The second-order valence-electron chi connectivity index (χ2n) is 8.37. The number of halogens is 1. The zero-order valence-electron chi connectivity index (χ0n) is 16.2. The number of fused-ring (bicyclic) bond motifs is 2. The van der Waals surface area contributed by atoms with Crippen LogP contribution in [0.3, 0.4) is 0 Å². The van der Waals surface area contributed by atoms with Gasteiger partial charge in [-0.1, -0.05) is 38.2 Å². The number of carbonyl (C=O) groups excluding carboxylic acids is 1. The van der Waals surface area contributed by atoms with Crippen LogP contribution >= 0.6 is 0 Å². The topological polar surface area (TPSA) is 69.2 Å². The van der Waals surface area contributed by atoms with Crippen LogP contribution in [0.1, 0.15) is 59.3 Å². The molecule has 1 aliphatic carbocycles. The van der Waals surface area contributed by atoms with Gasteiger partial charge in [0.15, 0.2) is 0 Å². The van der Waals surface area contributed by atoms with E-state index in [1.807, 2.05) is 0 Å². The van der Waals surface area contributed by atoms with Crippen molar-refractivity contribution in [2.45, 2.75) is 51.6 Å². The van der Waals surface area contributed by atoms with Crippen LogP contribution in [0.15, 0.2) is 30.3 Å². The molecule has 0 spiro atoms. The molecule has 0 unspecified atom stereocenters. The van der Waals surface area contributed by atoms with Crippen molar-refractivity contribution in [3.63, 3.8) is 0 Å². The summed E-state index contributed by atoms with van der Waals surface area (Å²) in [7, 11) is 0. The van der Waals surface area contributed by atoms with E-state index in [2.05, 4.69) is 10.2 Å². The summed E-state index contributed by atoms with van der Waals surface area (Å²) >= 11 is 0. The number of hydrogen-bond donors (Lipinski definition) is 2. The van der Waals surface area contributed by atoms with Crippen molar-refractivity contribution >= 4 is 16.8 Å². The SMILES string of the molecule is O=C(c1cc2c(CC3CCCCC3)n[nH]c2cc1O)N1Cc2ccc(F)cc2C1. The van der Waals surface area contributed by atoms with Crippen LogP contribution in [0.2, 0.25) is 0 Å². The van der Waals surface area contributed by atoms with E-state index in [4.69, 9.17) is 0 Å². The summed E-state index contributed by atoms with van der Waals surface area (Å²) < 4.78 is 13.5. The first kappa shape index (κ1) is 18.2. The lowest BCUT2D eigenvalue weighted by Gasteiger charge is -2.20. The Morgan fingerprint density at radius 2 is 1.93 bits per heavy atom. The van der Waals surface area contributed by atoms with E-state index in [9.17, 15) is 14.3 Å². The molecule has 2 heterocycles. The van der Waals surface area contributed by atoms with Crippen LogP contribution in [0.25, 0.3) is 10.9 Å². The number of nitrogens with zero attached hydrogens (tertiary/aromatic N) is 2. The lowest BCUT2D eigenvalue weighted by atomic mass is 9.85. The van der Waals surface area contributed by atoms with Crippen molar-refractivity contribution < 1.29 is 14.3 Å². The number of aromatic nitrogens is 2. The van der Waals surface area contributed by atoms with Gasteiger partial charge in [0, 0.05) is 24.5 Å². The highest BCUT2D eigenvalue weighted by Gasteiger charge is 2.27. The predicted molar refractivity (Wildman–Crippen MR) is 108 cm³/mol. The first-order chi connectivity index (χ1) is 14.1. The largest absolute Gasteiger partial charge is 0.507 e. The maximum Gasteiger partial charge on any atom is 0.258 e. The maximum atomic E-state index is 13.5. The zero-order valence-corrected chi connectivity index (χ0v) is 16.2. The van der Waals surface area contributed by atoms with E-state index >= 15 is 0 Å². The third-order valence-corrected chi connectivity index (χ3v) is 6.37. The van der Waals surface area contributed by atoms with Gasteiger partial charge in [0.05, 0.1) is 16.8 Å². The first-order valence-corrected chi connectivity index (χ1v) is 10.3. The van der Waals surface area contributed by atoms with Crippen molar-refractivity contribution in [1.82, 2.24) is 15.1 Å². The molecule has 3 aromatic rings. The monoisotopic (exact) mass is 393 g/mol. The molecule has 0 radical (unpaired) electrons. The number of H-pyrrole nitrogens is 1. The minimum atomic E-state index is -0.298. The molecular formula is C23H24FN3O2. The molecule has 5 rings (SSSR count). The number of aromatic amines is 1. The second-order valence-corrected chi connectivity index (χ2v) is 8.37. The number of benzene rings is 2. The summed E-state index contributed by atoms with van der Waals surface area (Å²) in [5.41, 5.74) is 3.75. The molecule has 2 aliphatic rings. The molecule has 2 N–H and O–H groups in total. The van der Waals surface area contributed by atoms with Crippen molar-refractivity contribution in [1.29, 1.82) is 0 Å². The normalized spacial score (nSPS) is 17.1. The summed E-state index contributed by atoms with van der Waals surface area (Å²) in [6, 6.07) is 7.96. The number of amides is 1. The number of phenolic OH excluding ortho intramolecular Hbond substituents is 1. The fraction of sp³-hybridized carbons (Fsp3) is 0.391. The van der Waals surface area contributed by atoms with Gasteiger partial charge in [-0.2, -0.15) is 5.10 Å². The van der Waals surface area contributed by atoms with Gasteiger partial charge in [0.2, 0.25) is 0 Å². The quantitative estimate of drug-likeness (QED) is 0.678. The first-order valence-electron chi connectivity index (χ1n) is 10.3. The number of rotatable bonds is 3. The fourth-order valence-corrected chi connectivity index (χ4v) is 4.78. The van der Waals surface area contributed by atoms with Crippen molar-refractivity contribution in [3.8, 4) is 5.75 Å². The minimum Gasteiger partial charge on any atom is -0.507 e. The van der Waals surface area contributed by atoms with Crippen molar-refractivity contribution in [3.05, 3.63) is 58.5 Å². The van der Waals surface area contributed by atoms with Crippen LogP contribution in [0.4, 0.5) is 4.39 Å². The van der Waals surface area contributed by atoms with Gasteiger partial charge in [-0.25, -0.2) is 4.39 Å². The van der Waals surface area contributed by atoms with E-state index in [1.165, 1.54) is 44.2 Å². The molecule has 1 aliphatic heterocycles. The minimum absolute atomic E-state index is 0.0579. The lowest BCUT2D eigenvalue weighted by Crippen LogP contribution is -2.25. The Morgan fingerprint density at radius 1 is 1.14 bits per heavy atom. The van der Waals surface area contributed by atoms with Crippen LogP contribution in [-0.2, 0) is 19.5 Å². The Morgan fingerprint density at radius 3 is 2.76 bits per heavy atom. The summed E-state index contributed by atoms with van der Waals surface area (Å²) in [4.78, 5) is 14.8. The number of nitrogens with one attached hydrogen (secondary N) is 1. The molecule has 150 valence electrons. The van der Waals surface area contributed by atoms with Crippen LogP contribution in [0, 0.1) is 11.7 Å². The van der Waals surface area contributed by atoms with Gasteiger partial charge in [-0.3, -0.25) is 9.89 Å². The van der Waals surface area contributed by atoms with Crippen molar-refractivity contribution in [2.24, 2.45) is 5.92 Å². The van der Waals surface area contributed by atoms with Crippen LogP contribution in [0.5, 0.6) is 5.75 Å². The maximum absolute atomic E-state index is 13.5. The Labute approximate surface area is 168 Å². The zero-order chi connectivity index (χ0) is 20.0. The summed E-state index contributed by atoms with van der Waals surface area (Å²) in [6.45, 7) is 0.774. The van der Waals surface area contributed by atoms with Crippen molar-refractivity contribution in [2.75, 3.05) is 0 Å². The van der Waals surface area contributed by atoms with E-state index in [0.29, 0.717) is 19.0 Å². The number of phenols is 1. The fourth-order valence-electron chi connectivity index (χ4n) is 4.78. The summed E-state index contributed by atoms with van der Waals surface area (Å²) in [6.07, 6.45) is 7.20. The molecule has 1 fully saturated rings. The highest BCUT2D eigenvalue weighted by Crippen LogP contribution is 2.33. The van der Waals surface area contributed by atoms with E-state index in [0.717, 1.165) is 34.1 Å². The molecule has 0 saturated heterocycles. The molecule has 29 heavy (non-hydrogen) atoms. The standard InChI is InChI=1S/C23H24FN3O2/c24-17-7-6-15-12-27(13-16(15)9-17)23(29)19-10-18-20(8-14-4-2-1-3-5-14)25-26-21(18)11-22(19)28/h6-7,9-11,14,28H,1-5,8,12-13H2,(H,25,26). The molecule has 0 atom stereocenters. The number of hydrogen-bond acceptors (Lipinski definition) is 3. The van der Waals surface area contributed by atoms with E-state index in [1.54, 1.807) is 23.1 Å². The number of carbonyl (C=O) groups is 1. The van der Waals surface area contributed by atoms with Gasteiger partial charge in [0.25, 0.3) is 5.91 Å². The van der Waals surface area contributed by atoms with E-state index < -0.39 is 0 Å². The smallest absolute Gasteiger partial charge is 0.258 e. The Bertz CT molecular complexity index is 1090. The average molecular weight is 393 g/mol. The second kappa shape index (κ2) is 7.17. The van der Waals surface area contributed by atoms with Gasteiger partial charge >= 0.3 is 0 Å². The molecule has 2 aromatic carbocycles. The van der Waals surface area contributed by atoms with Gasteiger partial charge in [-0.05, 0) is 41.7 Å². The Hall–Kier alpha value is -2.89. The third-order valence-electron chi connectivity index (χ3n) is 6.37. The lowest BCUT2D eigenvalue weighted by molar-refractivity contribution is 0.0748. The molecule has 5 nitrogen and oxygen atoms in total. The van der Waals surface area contributed by atoms with Gasteiger partial charge in [-0.15, -0.1) is 0 Å². The number of aromatic hydroxyl groups is 1. The summed E-state index contributed by atoms with van der Waals surface area (Å²) in [5.74, 6) is 0.0302. The average Bonchev–Trinajstić information content (AvgIpc) is 3.31. The predicted octanol–water partition coefficient (Wildman–Crippen LogP) is 4.69. The Kier molecular flexibility index (Phi) is 4.49. The van der Waals surface area contributed by atoms with Crippen LogP contribution < -0.4 is 0 Å².